The van der Waals surface area contributed by atoms with Crippen LogP contribution in [0.15, 0.2) is 31.8 Å². The first-order valence-corrected chi connectivity index (χ1v) is 15.5. The highest BCUT2D eigenvalue weighted by atomic mass is 79.9. The molecule has 0 saturated heterocycles. The zero-order valence-corrected chi connectivity index (χ0v) is 24.6. The molecular formula is C26H29Br2F2N3S2. The van der Waals surface area contributed by atoms with Gasteiger partial charge in [0, 0.05) is 9.75 Å². The minimum absolute atomic E-state index is 0.182. The fourth-order valence-corrected chi connectivity index (χ4v) is 7.15. The molecule has 35 heavy (non-hydrogen) atoms. The van der Waals surface area contributed by atoms with Gasteiger partial charge in [-0.25, -0.2) is 8.78 Å². The number of hydrogen-bond acceptors (Lipinski definition) is 4. The van der Waals surface area contributed by atoms with E-state index in [0.717, 1.165) is 20.4 Å². The average Bonchev–Trinajstić information content (AvgIpc) is 3.56. The fourth-order valence-electron chi connectivity index (χ4n) is 4.30. The number of aryl methyl sites for hydroxylation is 1. The molecule has 0 unspecified atom stereocenters. The van der Waals surface area contributed by atoms with Crippen molar-refractivity contribution in [1.82, 2.24) is 15.0 Å². The monoisotopic (exact) mass is 643 g/mol. The van der Waals surface area contributed by atoms with Gasteiger partial charge < -0.3 is 0 Å². The highest BCUT2D eigenvalue weighted by molar-refractivity contribution is 9.11. The molecule has 3 aromatic heterocycles. The lowest BCUT2D eigenvalue weighted by molar-refractivity contribution is 0.483. The van der Waals surface area contributed by atoms with Crippen molar-refractivity contribution in [2.45, 2.75) is 77.7 Å². The molecule has 0 amide bonds. The third-order valence-corrected chi connectivity index (χ3v) is 9.39. The zero-order valence-electron chi connectivity index (χ0n) is 19.8. The van der Waals surface area contributed by atoms with Gasteiger partial charge in [0.05, 0.1) is 25.2 Å². The maximum atomic E-state index is 15.4. The number of halogens is 4. The van der Waals surface area contributed by atoms with E-state index in [1.165, 1.54) is 74.0 Å². The fraction of sp³-hybridized carbons (Fsp3) is 0.462. The summed E-state index contributed by atoms with van der Waals surface area (Å²) in [6.45, 7) is 2.88. The zero-order chi connectivity index (χ0) is 24.8. The van der Waals surface area contributed by atoms with Crippen LogP contribution in [0.4, 0.5) is 8.78 Å². The van der Waals surface area contributed by atoms with Crippen molar-refractivity contribution in [3.63, 3.8) is 0 Å². The van der Waals surface area contributed by atoms with Gasteiger partial charge >= 0.3 is 0 Å². The van der Waals surface area contributed by atoms with Gasteiger partial charge in [-0.15, -0.1) is 22.7 Å². The summed E-state index contributed by atoms with van der Waals surface area (Å²) in [7, 11) is 0. The van der Waals surface area contributed by atoms with Crippen molar-refractivity contribution in [1.29, 1.82) is 0 Å². The van der Waals surface area contributed by atoms with E-state index in [9.17, 15) is 0 Å². The van der Waals surface area contributed by atoms with Gasteiger partial charge in [-0.1, -0.05) is 64.7 Å². The molecule has 4 rings (SSSR count). The van der Waals surface area contributed by atoms with Crippen molar-refractivity contribution in [2.24, 2.45) is 0 Å². The quantitative estimate of drug-likeness (QED) is 0.136. The minimum atomic E-state index is -0.877. The van der Waals surface area contributed by atoms with Gasteiger partial charge in [0.1, 0.15) is 11.0 Å². The Morgan fingerprint density at radius 2 is 1.11 bits per heavy atom. The Balaban J connectivity index is 1.52. The molecular weight excluding hydrogens is 616 g/mol. The predicted molar refractivity (Wildman–Crippen MR) is 151 cm³/mol. The third-order valence-electron chi connectivity index (χ3n) is 6.11. The molecule has 0 aliphatic heterocycles. The van der Waals surface area contributed by atoms with Crippen LogP contribution in [0, 0.1) is 11.6 Å². The van der Waals surface area contributed by atoms with Crippen LogP contribution < -0.4 is 0 Å². The largest absolute Gasteiger partial charge is 0.203 e. The number of unbranched alkanes of at least 4 members (excludes halogenated alkanes) is 9. The van der Waals surface area contributed by atoms with Crippen molar-refractivity contribution in [3.8, 4) is 20.9 Å². The lowest BCUT2D eigenvalue weighted by Crippen LogP contribution is -2.02. The summed E-state index contributed by atoms with van der Waals surface area (Å²) in [5, 5.41) is 9.30. The summed E-state index contributed by atoms with van der Waals surface area (Å²) < 4.78 is 32.6. The van der Waals surface area contributed by atoms with Crippen LogP contribution in [0.1, 0.15) is 71.1 Å². The number of aromatic nitrogens is 3. The number of thiophene rings is 2. The molecule has 3 nitrogen and oxygen atoms in total. The van der Waals surface area contributed by atoms with Crippen LogP contribution in [0.3, 0.4) is 0 Å². The molecule has 0 spiro atoms. The first kappa shape index (κ1) is 26.9. The molecule has 0 saturated carbocycles. The molecule has 9 heteroatoms. The molecule has 0 aliphatic rings. The van der Waals surface area contributed by atoms with Gasteiger partial charge in [0.2, 0.25) is 0 Å². The molecule has 3 heterocycles. The number of rotatable bonds is 13. The van der Waals surface area contributed by atoms with Crippen molar-refractivity contribution in [2.75, 3.05) is 0 Å². The lowest BCUT2D eigenvalue weighted by Gasteiger charge is -2.07. The van der Waals surface area contributed by atoms with E-state index < -0.39 is 11.6 Å². The molecule has 0 bridgehead atoms. The molecule has 188 valence electrons. The average molecular weight is 645 g/mol. The summed E-state index contributed by atoms with van der Waals surface area (Å²) in [6.07, 6.45) is 12.4. The predicted octanol–water partition coefficient (Wildman–Crippen LogP) is 10.6. The molecule has 0 aliphatic carbocycles. The topological polar surface area (TPSA) is 30.7 Å². The first-order chi connectivity index (χ1) is 17.0. The molecule has 0 fully saturated rings. The highest BCUT2D eigenvalue weighted by Gasteiger charge is 2.27. The minimum Gasteiger partial charge on any atom is -0.203 e. The van der Waals surface area contributed by atoms with E-state index in [2.05, 4.69) is 49.0 Å². The van der Waals surface area contributed by atoms with Crippen molar-refractivity contribution in [3.05, 3.63) is 43.5 Å². The second-order valence-electron chi connectivity index (χ2n) is 8.76. The number of nitrogens with zero attached hydrogens (tertiary/aromatic N) is 3. The van der Waals surface area contributed by atoms with Crippen LogP contribution in [0.5, 0.6) is 0 Å². The van der Waals surface area contributed by atoms with Crippen LogP contribution in [0.25, 0.3) is 31.9 Å². The maximum Gasteiger partial charge on any atom is 0.170 e. The van der Waals surface area contributed by atoms with Crippen molar-refractivity contribution >= 4 is 65.6 Å². The Bertz CT molecular complexity index is 1180. The second-order valence-corrected chi connectivity index (χ2v) is 13.7. The Morgan fingerprint density at radius 1 is 0.686 bits per heavy atom. The van der Waals surface area contributed by atoms with Crippen LogP contribution in [-0.4, -0.2) is 15.0 Å². The molecule has 1 aromatic carbocycles. The summed E-state index contributed by atoms with van der Waals surface area (Å²) >= 11 is 9.57. The van der Waals surface area contributed by atoms with E-state index in [1.54, 1.807) is 16.9 Å². The summed E-state index contributed by atoms with van der Waals surface area (Å²) in [5.41, 5.74) is 1.18. The number of benzene rings is 1. The van der Waals surface area contributed by atoms with E-state index in [-0.39, 0.29) is 11.1 Å². The Morgan fingerprint density at radius 3 is 1.51 bits per heavy atom. The summed E-state index contributed by atoms with van der Waals surface area (Å²) in [4.78, 5) is 2.87. The number of fused-ring (bicyclic) bond motifs is 1. The van der Waals surface area contributed by atoms with Gasteiger partial charge in [0.15, 0.2) is 11.6 Å². The van der Waals surface area contributed by atoms with Crippen LogP contribution in [0.2, 0.25) is 0 Å². The lowest BCUT2D eigenvalue weighted by atomic mass is 10.0. The van der Waals surface area contributed by atoms with Gasteiger partial charge in [-0.3, -0.25) is 0 Å². The van der Waals surface area contributed by atoms with Gasteiger partial charge in [-0.2, -0.15) is 15.0 Å². The van der Waals surface area contributed by atoms with Crippen molar-refractivity contribution < 1.29 is 8.78 Å². The number of hydrogen-bond donors (Lipinski definition) is 0. The molecule has 0 atom stereocenters. The third kappa shape index (κ3) is 6.59. The SMILES string of the molecule is CCCCCCCCCCCCn1nc2c(-c3ccc(Br)s3)c(F)c(F)c(-c3ccc(Br)s3)c2n1. The van der Waals surface area contributed by atoms with E-state index in [1.807, 2.05) is 12.1 Å². The van der Waals surface area contributed by atoms with Crippen LogP contribution >= 0.6 is 54.5 Å². The molecule has 4 aromatic rings. The maximum absolute atomic E-state index is 15.4. The van der Waals surface area contributed by atoms with Crippen LogP contribution in [-0.2, 0) is 6.54 Å². The van der Waals surface area contributed by atoms with Gasteiger partial charge in [0.25, 0.3) is 0 Å². The highest BCUT2D eigenvalue weighted by Crippen LogP contribution is 2.43. The molecule has 0 N–H and O–H groups in total. The van der Waals surface area contributed by atoms with Gasteiger partial charge in [-0.05, 0) is 62.5 Å². The second kappa shape index (κ2) is 12.9. The molecule has 0 radical (unpaired) electrons. The standard InChI is InChI=1S/C26H29Br2F2N3S2/c1-2-3-4-5-6-7-8-9-10-11-16-33-31-25-21(17-12-14-19(27)34-17)23(29)24(30)22(26(25)32-33)18-13-15-20(28)35-18/h12-15H,2-11,16H2,1H3. The smallest absolute Gasteiger partial charge is 0.170 e. The summed E-state index contributed by atoms with van der Waals surface area (Å²) in [5.74, 6) is -1.75. The normalized spacial score (nSPS) is 11.7. The Hall–Kier alpha value is -1.16. The van der Waals surface area contributed by atoms with E-state index >= 15 is 8.78 Å². The first-order valence-electron chi connectivity index (χ1n) is 12.3. The Kier molecular flexibility index (Phi) is 9.90. The van der Waals surface area contributed by atoms with E-state index in [0.29, 0.717) is 27.3 Å². The summed E-state index contributed by atoms with van der Waals surface area (Å²) in [6, 6.07) is 7.24. The van der Waals surface area contributed by atoms with E-state index in [4.69, 9.17) is 0 Å². The Labute approximate surface area is 230 Å².